The summed E-state index contributed by atoms with van der Waals surface area (Å²) in [5, 5.41) is 2.82. The van der Waals surface area contributed by atoms with Crippen LogP contribution >= 0.6 is 11.6 Å². The van der Waals surface area contributed by atoms with E-state index in [-0.39, 0.29) is 0 Å². The second kappa shape index (κ2) is 4.98. The van der Waals surface area contributed by atoms with Gasteiger partial charge in [0.1, 0.15) is 5.15 Å². The molecular weight excluding hydrogens is 256 g/mol. The van der Waals surface area contributed by atoms with Crippen molar-refractivity contribution in [1.29, 1.82) is 0 Å². The minimum absolute atomic E-state index is 0.495. The maximum absolute atomic E-state index is 6.08. The van der Waals surface area contributed by atoms with Gasteiger partial charge in [0.2, 0.25) is 0 Å². The highest BCUT2D eigenvalue weighted by Crippen LogP contribution is 2.27. The summed E-state index contributed by atoms with van der Waals surface area (Å²) in [6.07, 6.45) is 0.847. The molecule has 0 N–H and O–H groups in total. The highest BCUT2D eigenvalue weighted by Gasteiger charge is 2.08. The van der Waals surface area contributed by atoms with Crippen LogP contribution in [0.25, 0.3) is 22.2 Å². The van der Waals surface area contributed by atoms with E-state index >= 15 is 0 Å². The lowest BCUT2D eigenvalue weighted by Crippen LogP contribution is -1.95. The number of fused-ring (bicyclic) bond motifs is 1. The summed E-state index contributed by atoms with van der Waals surface area (Å²) in [4.78, 5) is 8.93. The van der Waals surface area contributed by atoms with Gasteiger partial charge >= 0.3 is 0 Å². The maximum atomic E-state index is 6.08. The normalized spacial score (nSPS) is 10.8. The van der Waals surface area contributed by atoms with Gasteiger partial charge in [-0.15, -0.1) is 0 Å². The molecule has 2 nitrogen and oxygen atoms in total. The number of benzene rings is 2. The Kier molecular flexibility index (Phi) is 3.18. The van der Waals surface area contributed by atoms with Gasteiger partial charge in [-0.05, 0) is 23.3 Å². The molecule has 1 heterocycles. The van der Waals surface area contributed by atoms with Gasteiger partial charge in [-0.3, -0.25) is 0 Å². The van der Waals surface area contributed by atoms with Gasteiger partial charge in [0.25, 0.3) is 0 Å². The van der Waals surface area contributed by atoms with E-state index in [2.05, 4.69) is 35.1 Å². The molecule has 0 spiro atoms. The molecule has 0 saturated heterocycles. The van der Waals surface area contributed by atoms with Crippen LogP contribution in [0.3, 0.4) is 0 Å². The Morgan fingerprint density at radius 3 is 2.63 bits per heavy atom. The number of halogens is 1. The molecule has 0 amide bonds. The van der Waals surface area contributed by atoms with Crippen molar-refractivity contribution in [3.63, 3.8) is 0 Å². The molecule has 19 heavy (non-hydrogen) atoms. The second-order valence-electron chi connectivity index (χ2n) is 4.39. The second-order valence-corrected chi connectivity index (χ2v) is 4.77. The van der Waals surface area contributed by atoms with Crippen LogP contribution in [0, 0.1) is 0 Å². The Bertz CT molecular complexity index is 732. The fourth-order valence-corrected chi connectivity index (χ4v) is 2.39. The van der Waals surface area contributed by atoms with Crippen molar-refractivity contribution in [2.24, 2.45) is 0 Å². The summed E-state index contributed by atoms with van der Waals surface area (Å²) < 4.78 is 0. The zero-order valence-electron chi connectivity index (χ0n) is 10.6. The monoisotopic (exact) mass is 268 g/mol. The minimum atomic E-state index is 0.495. The van der Waals surface area contributed by atoms with Crippen molar-refractivity contribution in [2.75, 3.05) is 0 Å². The van der Waals surface area contributed by atoms with Gasteiger partial charge in [-0.2, -0.15) is 0 Å². The minimum Gasteiger partial charge on any atom is -0.233 e. The third kappa shape index (κ3) is 2.32. The lowest BCUT2D eigenvalue weighted by atomic mass is 10.0. The van der Waals surface area contributed by atoms with E-state index in [1.54, 1.807) is 0 Å². The Hall–Kier alpha value is -1.93. The molecule has 2 aromatic carbocycles. The van der Waals surface area contributed by atoms with E-state index in [1.165, 1.54) is 5.39 Å². The first-order chi connectivity index (χ1) is 9.28. The zero-order valence-corrected chi connectivity index (χ0v) is 11.4. The number of nitrogens with zero attached hydrogens (tertiary/aromatic N) is 2. The van der Waals surface area contributed by atoms with Gasteiger partial charge in [0, 0.05) is 11.3 Å². The summed E-state index contributed by atoms with van der Waals surface area (Å²) in [5.41, 5.74) is 1.98. The molecule has 0 radical (unpaired) electrons. The predicted molar refractivity (Wildman–Crippen MR) is 79.4 cm³/mol. The molecule has 0 aliphatic rings. The first-order valence-electron chi connectivity index (χ1n) is 6.29. The quantitative estimate of drug-likeness (QED) is 0.639. The van der Waals surface area contributed by atoms with E-state index in [4.69, 9.17) is 11.6 Å². The smallest absolute Gasteiger partial charge is 0.161 e. The highest BCUT2D eigenvalue weighted by molar-refractivity contribution is 6.29. The lowest BCUT2D eigenvalue weighted by molar-refractivity contribution is 1.01. The number of hydrogen-bond donors (Lipinski definition) is 0. The van der Waals surface area contributed by atoms with E-state index in [9.17, 15) is 0 Å². The summed E-state index contributed by atoms with van der Waals surface area (Å²) >= 11 is 6.08. The van der Waals surface area contributed by atoms with Crippen molar-refractivity contribution in [3.8, 4) is 11.4 Å². The Morgan fingerprint density at radius 1 is 1.00 bits per heavy atom. The zero-order chi connectivity index (χ0) is 13.2. The molecule has 0 unspecified atom stereocenters. The van der Waals surface area contributed by atoms with Gasteiger partial charge in [0.05, 0.1) is 0 Å². The van der Waals surface area contributed by atoms with E-state index in [0.717, 1.165) is 23.1 Å². The van der Waals surface area contributed by atoms with Crippen LogP contribution in [0.4, 0.5) is 0 Å². The fourth-order valence-electron chi connectivity index (χ4n) is 2.19. The fraction of sp³-hybridized carbons (Fsp3) is 0.125. The summed E-state index contributed by atoms with van der Waals surface area (Å²) in [6.45, 7) is 2.06. The molecule has 3 aromatic rings. The van der Waals surface area contributed by atoms with Crippen LogP contribution in [0.1, 0.15) is 12.6 Å². The third-order valence-corrected chi connectivity index (χ3v) is 3.33. The van der Waals surface area contributed by atoms with Gasteiger partial charge < -0.3 is 0 Å². The van der Waals surface area contributed by atoms with E-state index in [0.29, 0.717) is 11.0 Å². The molecule has 0 aliphatic heterocycles. The van der Waals surface area contributed by atoms with Crippen LogP contribution in [-0.4, -0.2) is 9.97 Å². The molecule has 0 fully saturated rings. The third-order valence-electron chi connectivity index (χ3n) is 3.14. The summed E-state index contributed by atoms with van der Waals surface area (Å²) in [5.74, 6) is 0.696. The standard InChI is InChI=1S/C16H13ClN2/c1-2-12-10-15(17)19-16(18-12)14-9-5-7-11-6-3-4-8-13(11)14/h3-10H,2H2,1H3. The molecule has 0 aliphatic carbocycles. The highest BCUT2D eigenvalue weighted by atomic mass is 35.5. The Balaban J connectivity index is 2.27. The topological polar surface area (TPSA) is 25.8 Å². The molecule has 0 saturated carbocycles. The molecule has 0 atom stereocenters. The lowest BCUT2D eigenvalue weighted by Gasteiger charge is -2.07. The van der Waals surface area contributed by atoms with Crippen molar-refractivity contribution >= 4 is 22.4 Å². The van der Waals surface area contributed by atoms with Crippen molar-refractivity contribution < 1.29 is 0 Å². The average molecular weight is 269 g/mol. The van der Waals surface area contributed by atoms with Gasteiger partial charge in [0.15, 0.2) is 5.82 Å². The molecule has 94 valence electrons. The number of aromatic nitrogens is 2. The summed E-state index contributed by atoms with van der Waals surface area (Å²) in [7, 11) is 0. The first-order valence-corrected chi connectivity index (χ1v) is 6.67. The van der Waals surface area contributed by atoms with Crippen LogP contribution in [0.15, 0.2) is 48.5 Å². The van der Waals surface area contributed by atoms with E-state index in [1.807, 2.05) is 30.3 Å². The van der Waals surface area contributed by atoms with Gasteiger partial charge in [-0.25, -0.2) is 9.97 Å². The van der Waals surface area contributed by atoms with Crippen LogP contribution in [-0.2, 0) is 6.42 Å². The predicted octanol–water partition coefficient (Wildman–Crippen LogP) is 4.51. The largest absolute Gasteiger partial charge is 0.233 e. The Labute approximate surface area is 117 Å². The van der Waals surface area contributed by atoms with Crippen LogP contribution in [0.5, 0.6) is 0 Å². The van der Waals surface area contributed by atoms with E-state index < -0.39 is 0 Å². The maximum Gasteiger partial charge on any atom is 0.161 e. The molecule has 3 heteroatoms. The van der Waals surface area contributed by atoms with Crippen LogP contribution in [0.2, 0.25) is 5.15 Å². The molecule has 0 bridgehead atoms. The molecule has 1 aromatic heterocycles. The number of rotatable bonds is 2. The number of hydrogen-bond acceptors (Lipinski definition) is 2. The SMILES string of the molecule is CCc1cc(Cl)nc(-c2cccc3ccccc23)n1. The molecular formula is C16H13ClN2. The number of aryl methyl sites for hydroxylation is 1. The van der Waals surface area contributed by atoms with Crippen molar-refractivity contribution in [2.45, 2.75) is 13.3 Å². The summed E-state index contributed by atoms with van der Waals surface area (Å²) in [6, 6.07) is 16.2. The van der Waals surface area contributed by atoms with Crippen molar-refractivity contribution in [1.82, 2.24) is 9.97 Å². The Morgan fingerprint density at radius 2 is 1.79 bits per heavy atom. The first kappa shape index (κ1) is 12.1. The average Bonchev–Trinajstić information content (AvgIpc) is 2.46. The van der Waals surface area contributed by atoms with Crippen molar-refractivity contribution in [3.05, 3.63) is 59.4 Å². The van der Waals surface area contributed by atoms with Crippen LogP contribution < -0.4 is 0 Å². The molecule has 3 rings (SSSR count). The van der Waals surface area contributed by atoms with Gasteiger partial charge in [-0.1, -0.05) is 61.0 Å².